The van der Waals surface area contributed by atoms with Crippen molar-refractivity contribution in [2.75, 3.05) is 18.9 Å². The number of nitrogen functional groups attached to an aromatic ring is 1. The Bertz CT molecular complexity index is 456. The number of benzene rings is 1. The third-order valence-corrected chi connectivity index (χ3v) is 3.48. The molecular formula is C16H24N2O2. The number of nitrogens with zero attached hydrogens (tertiary/aromatic N) is 1. The summed E-state index contributed by atoms with van der Waals surface area (Å²) in [5, 5.41) is 0. The van der Waals surface area contributed by atoms with E-state index in [1.165, 1.54) is 0 Å². The smallest absolute Gasteiger partial charge is 0.260 e. The fourth-order valence-electron chi connectivity index (χ4n) is 2.13. The number of carbonyl (C=O) groups excluding carboxylic acids is 1. The standard InChI is InChI=1S/C16H24N2O2/c1-12(2)8-9-18(14-6-7-14)16(19)11-20-15-5-3-4-13(17)10-15/h3-5,10,12,14H,6-9,11,17H2,1-2H3. The van der Waals surface area contributed by atoms with E-state index < -0.39 is 0 Å². The van der Waals surface area contributed by atoms with E-state index in [0.29, 0.717) is 23.4 Å². The number of hydrogen-bond acceptors (Lipinski definition) is 3. The summed E-state index contributed by atoms with van der Waals surface area (Å²) in [6.07, 6.45) is 3.30. The molecule has 0 spiro atoms. The maximum atomic E-state index is 12.3. The number of ether oxygens (including phenoxy) is 1. The van der Waals surface area contributed by atoms with Gasteiger partial charge < -0.3 is 15.4 Å². The third kappa shape index (κ3) is 4.44. The molecule has 4 nitrogen and oxygen atoms in total. The first-order valence-corrected chi connectivity index (χ1v) is 7.34. The molecule has 0 atom stereocenters. The Labute approximate surface area is 120 Å². The first-order valence-electron chi connectivity index (χ1n) is 7.34. The van der Waals surface area contributed by atoms with Gasteiger partial charge in [-0.25, -0.2) is 0 Å². The number of carbonyl (C=O) groups is 1. The highest BCUT2D eigenvalue weighted by molar-refractivity contribution is 5.78. The Balaban J connectivity index is 1.85. The molecule has 0 bridgehead atoms. The maximum absolute atomic E-state index is 12.3. The van der Waals surface area contributed by atoms with Gasteiger partial charge in [-0.3, -0.25) is 4.79 Å². The van der Waals surface area contributed by atoms with Crippen molar-refractivity contribution >= 4 is 11.6 Å². The van der Waals surface area contributed by atoms with Crippen molar-refractivity contribution < 1.29 is 9.53 Å². The molecular weight excluding hydrogens is 252 g/mol. The Hall–Kier alpha value is -1.71. The van der Waals surface area contributed by atoms with Crippen LogP contribution in [0.2, 0.25) is 0 Å². The minimum atomic E-state index is 0.0792. The third-order valence-electron chi connectivity index (χ3n) is 3.48. The fraction of sp³-hybridized carbons (Fsp3) is 0.562. The Morgan fingerprint density at radius 1 is 1.45 bits per heavy atom. The summed E-state index contributed by atoms with van der Waals surface area (Å²) in [5.74, 6) is 1.34. The first kappa shape index (κ1) is 14.7. The Morgan fingerprint density at radius 2 is 2.20 bits per heavy atom. The Morgan fingerprint density at radius 3 is 2.80 bits per heavy atom. The van der Waals surface area contributed by atoms with Gasteiger partial charge in [0.15, 0.2) is 6.61 Å². The van der Waals surface area contributed by atoms with Gasteiger partial charge in [0.2, 0.25) is 0 Å². The highest BCUT2D eigenvalue weighted by atomic mass is 16.5. The van der Waals surface area contributed by atoms with Crippen LogP contribution in [0.15, 0.2) is 24.3 Å². The molecule has 1 saturated carbocycles. The van der Waals surface area contributed by atoms with Crippen LogP contribution in [0, 0.1) is 5.92 Å². The van der Waals surface area contributed by atoms with Crippen LogP contribution in [0.1, 0.15) is 33.1 Å². The van der Waals surface area contributed by atoms with Crippen LogP contribution >= 0.6 is 0 Å². The molecule has 0 radical (unpaired) electrons. The number of rotatable bonds is 7. The second-order valence-electron chi connectivity index (χ2n) is 5.86. The second-order valence-corrected chi connectivity index (χ2v) is 5.86. The summed E-state index contributed by atoms with van der Waals surface area (Å²) in [6, 6.07) is 7.62. The van der Waals surface area contributed by atoms with Crippen LogP contribution in [0.4, 0.5) is 5.69 Å². The molecule has 110 valence electrons. The molecule has 2 N–H and O–H groups in total. The van der Waals surface area contributed by atoms with E-state index in [1.807, 2.05) is 17.0 Å². The van der Waals surface area contributed by atoms with E-state index in [9.17, 15) is 4.79 Å². The number of nitrogens with two attached hydrogens (primary N) is 1. The molecule has 2 rings (SSSR count). The lowest BCUT2D eigenvalue weighted by Crippen LogP contribution is -2.37. The molecule has 1 fully saturated rings. The van der Waals surface area contributed by atoms with Crippen molar-refractivity contribution in [1.82, 2.24) is 4.90 Å². The monoisotopic (exact) mass is 276 g/mol. The average Bonchev–Trinajstić information content (AvgIpc) is 3.21. The Kier molecular flexibility index (Phi) is 4.88. The van der Waals surface area contributed by atoms with Crippen LogP contribution in [0.5, 0.6) is 5.75 Å². The summed E-state index contributed by atoms with van der Waals surface area (Å²) in [7, 11) is 0. The van der Waals surface area contributed by atoms with E-state index in [0.717, 1.165) is 25.8 Å². The van der Waals surface area contributed by atoms with E-state index in [4.69, 9.17) is 10.5 Å². The molecule has 1 amide bonds. The quantitative estimate of drug-likeness (QED) is 0.779. The minimum Gasteiger partial charge on any atom is -0.484 e. The maximum Gasteiger partial charge on any atom is 0.260 e. The molecule has 0 aliphatic heterocycles. The lowest BCUT2D eigenvalue weighted by molar-refractivity contribution is -0.134. The van der Waals surface area contributed by atoms with Crippen LogP contribution in [0.3, 0.4) is 0 Å². The van der Waals surface area contributed by atoms with Gasteiger partial charge in [-0.1, -0.05) is 19.9 Å². The van der Waals surface area contributed by atoms with Crippen molar-refractivity contribution in [2.24, 2.45) is 5.92 Å². The average molecular weight is 276 g/mol. The summed E-state index contributed by atoms with van der Waals surface area (Å²) in [4.78, 5) is 14.2. The van der Waals surface area contributed by atoms with Crippen molar-refractivity contribution in [1.29, 1.82) is 0 Å². The van der Waals surface area contributed by atoms with Crippen LogP contribution in [-0.2, 0) is 4.79 Å². The van der Waals surface area contributed by atoms with E-state index in [1.54, 1.807) is 12.1 Å². The van der Waals surface area contributed by atoms with Gasteiger partial charge in [0.25, 0.3) is 5.91 Å². The molecule has 1 aromatic carbocycles. The number of amides is 1. The molecule has 1 aliphatic rings. The van der Waals surface area contributed by atoms with Crippen molar-refractivity contribution in [3.63, 3.8) is 0 Å². The number of anilines is 1. The molecule has 0 saturated heterocycles. The topological polar surface area (TPSA) is 55.6 Å². The van der Waals surface area contributed by atoms with Crippen LogP contribution < -0.4 is 10.5 Å². The van der Waals surface area contributed by atoms with Gasteiger partial charge in [0.05, 0.1) is 0 Å². The van der Waals surface area contributed by atoms with Crippen LogP contribution in [-0.4, -0.2) is 30.0 Å². The summed E-state index contributed by atoms with van der Waals surface area (Å²) in [6.45, 7) is 5.29. The largest absolute Gasteiger partial charge is 0.484 e. The molecule has 20 heavy (non-hydrogen) atoms. The van der Waals surface area contributed by atoms with Gasteiger partial charge in [0, 0.05) is 24.3 Å². The second kappa shape index (κ2) is 6.64. The van der Waals surface area contributed by atoms with Gasteiger partial charge >= 0.3 is 0 Å². The predicted molar refractivity (Wildman–Crippen MR) is 80.5 cm³/mol. The molecule has 0 unspecified atom stereocenters. The van der Waals surface area contributed by atoms with Crippen molar-refractivity contribution in [3.8, 4) is 5.75 Å². The molecule has 1 aliphatic carbocycles. The van der Waals surface area contributed by atoms with Gasteiger partial charge in [-0.2, -0.15) is 0 Å². The molecule has 1 aromatic rings. The molecule has 4 heteroatoms. The summed E-state index contributed by atoms with van der Waals surface area (Å²) in [5.41, 5.74) is 6.34. The summed E-state index contributed by atoms with van der Waals surface area (Å²) >= 11 is 0. The fourth-order valence-corrected chi connectivity index (χ4v) is 2.13. The highest BCUT2D eigenvalue weighted by Gasteiger charge is 2.32. The zero-order valence-corrected chi connectivity index (χ0v) is 12.3. The zero-order valence-electron chi connectivity index (χ0n) is 12.3. The summed E-state index contributed by atoms with van der Waals surface area (Å²) < 4.78 is 5.54. The van der Waals surface area contributed by atoms with Gasteiger partial charge in [0.1, 0.15) is 5.75 Å². The van der Waals surface area contributed by atoms with Gasteiger partial charge in [-0.05, 0) is 37.3 Å². The number of hydrogen-bond donors (Lipinski definition) is 1. The van der Waals surface area contributed by atoms with Crippen LogP contribution in [0.25, 0.3) is 0 Å². The lowest BCUT2D eigenvalue weighted by Gasteiger charge is -2.23. The van der Waals surface area contributed by atoms with E-state index >= 15 is 0 Å². The predicted octanol–water partition coefficient (Wildman–Crippen LogP) is 2.68. The normalized spacial score (nSPS) is 14.3. The van der Waals surface area contributed by atoms with E-state index in [2.05, 4.69) is 13.8 Å². The van der Waals surface area contributed by atoms with Crippen molar-refractivity contribution in [3.05, 3.63) is 24.3 Å². The SMILES string of the molecule is CC(C)CCN(C(=O)COc1cccc(N)c1)C1CC1. The first-order chi connectivity index (χ1) is 9.56. The zero-order chi connectivity index (χ0) is 14.5. The minimum absolute atomic E-state index is 0.0792. The van der Waals surface area contributed by atoms with E-state index in [-0.39, 0.29) is 12.5 Å². The highest BCUT2D eigenvalue weighted by Crippen LogP contribution is 2.27. The molecule has 0 heterocycles. The lowest BCUT2D eigenvalue weighted by atomic mass is 10.1. The van der Waals surface area contributed by atoms with Crippen molar-refractivity contribution in [2.45, 2.75) is 39.2 Å². The molecule has 0 aromatic heterocycles. The van der Waals surface area contributed by atoms with Gasteiger partial charge in [-0.15, -0.1) is 0 Å².